The van der Waals surface area contributed by atoms with E-state index >= 15 is 0 Å². The van der Waals surface area contributed by atoms with E-state index in [0.29, 0.717) is 11.6 Å². The molecule has 0 unspecified atom stereocenters. The SMILES string of the molecule is O=S1(=O)C[C@@H]2SC(N(Cc3ccc(F)cc3Cl)c3ccccc3)=N[C@@H]2C1. The molecule has 4 rings (SSSR count). The molecule has 2 heterocycles. The maximum absolute atomic E-state index is 13.4. The second-order valence-corrected chi connectivity index (χ2v) is 10.1. The Morgan fingerprint density at radius 1 is 1.19 bits per heavy atom. The van der Waals surface area contributed by atoms with Crippen molar-refractivity contribution in [1.82, 2.24) is 0 Å². The number of amidine groups is 1. The molecule has 0 aliphatic carbocycles. The van der Waals surface area contributed by atoms with Crippen LogP contribution in [0.2, 0.25) is 5.02 Å². The summed E-state index contributed by atoms with van der Waals surface area (Å²) < 4.78 is 37.0. The van der Waals surface area contributed by atoms with Gasteiger partial charge in [-0.05, 0) is 29.8 Å². The van der Waals surface area contributed by atoms with E-state index in [9.17, 15) is 12.8 Å². The molecule has 2 atom stereocenters. The van der Waals surface area contributed by atoms with Crippen LogP contribution in [0.4, 0.5) is 10.1 Å². The van der Waals surface area contributed by atoms with Crippen LogP contribution in [0.25, 0.3) is 0 Å². The Balaban J connectivity index is 1.67. The minimum absolute atomic E-state index is 0.0371. The van der Waals surface area contributed by atoms with Crippen LogP contribution in [0.15, 0.2) is 53.5 Å². The molecule has 8 heteroatoms. The Bertz CT molecular complexity index is 966. The van der Waals surface area contributed by atoms with Gasteiger partial charge in [-0.15, -0.1) is 0 Å². The first-order valence-electron chi connectivity index (χ1n) is 8.13. The summed E-state index contributed by atoms with van der Waals surface area (Å²) in [5.41, 5.74) is 1.71. The summed E-state index contributed by atoms with van der Waals surface area (Å²) in [5.74, 6) is -0.110. The minimum atomic E-state index is -3.00. The lowest BCUT2D eigenvalue weighted by molar-refractivity contribution is 0.601. The van der Waals surface area contributed by atoms with E-state index in [1.165, 1.54) is 23.9 Å². The summed E-state index contributed by atoms with van der Waals surface area (Å²) >= 11 is 7.70. The first-order valence-corrected chi connectivity index (χ1v) is 11.2. The van der Waals surface area contributed by atoms with Gasteiger partial charge in [-0.1, -0.05) is 47.6 Å². The van der Waals surface area contributed by atoms with Crippen LogP contribution in [0.1, 0.15) is 5.56 Å². The van der Waals surface area contributed by atoms with Crippen molar-refractivity contribution < 1.29 is 12.8 Å². The molecule has 4 nitrogen and oxygen atoms in total. The minimum Gasteiger partial charge on any atom is -0.317 e. The highest BCUT2D eigenvalue weighted by molar-refractivity contribution is 8.15. The fraction of sp³-hybridized carbons (Fsp3) is 0.278. The van der Waals surface area contributed by atoms with Gasteiger partial charge in [-0.25, -0.2) is 12.8 Å². The van der Waals surface area contributed by atoms with Crippen LogP contribution in [0, 0.1) is 5.82 Å². The lowest BCUT2D eigenvalue weighted by Gasteiger charge is -2.25. The summed E-state index contributed by atoms with van der Waals surface area (Å²) in [6, 6.07) is 13.9. The van der Waals surface area contributed by atoms with Crippen molar-refractivity contribution >= 4 is 44.1 Å². The van der Waals surface area contributed by atoms with E-state index in [4.69, 9.17) is 11.6 Å². The van der Waals surface area contributed by atoms with E-state index in [1.54, 1.807) is 6.07 Å². The predicted molar refractivity (Wildman–Crippen MR) is 105 cm³/mol. The van der Waals surface area contributed by atoms with Crippen molar-refractivity contribution in [1.29, 1.82) is 0 Å². The number of halogens is 2. The second kappa shape index (κ2) is 6.87. The normalized spacial score (nSPS) is 23.5. The van der Waals surface area contributed by atoms with E-state index < -0.39 is 9.84 Å². The zero-order valence-electron chi connectivity index (χ0n) is 13.7. The highest BCUT2D eigenvalue weighted by Gasteiger charge is 2.44. The summed E-state index contributed by atoms with van der Waals surface area (Å²) in [7, 11) is -3.00. The quantitative estimate of drug-likeness (QED) is 0.773. The average molecular weight is 411 g/mol. The number of hydrogen-bond donors (Lipinski definition) is 0. The molecule has 1 fully saturated rings. The average Bonchev–Trinajstić information content (AvgIpc) is 3.08. The fourth-order valence-corrected chi connectivity index (χ4v) is 7.18. The van der Waals surface area contributed by atoms with Crippen LogP contribution >= 0.6 is 23.4 Å². The number of thioether (sulfide) groups is 1. The van der Waals surface area contributed by atoms with Gasteiger partial charge in [-0.2, -0.15) is 0 Å². The van der Waals surface area contributed by atoms with Gasteiger partial charge in [0, 0.05) is 16.0 Å². The first kappa shape index (κ1) is 17.8. The van der Waals surface area contributed by atoms with Crippen LogP contribution in [0.3, 0.4) is 0 Å². The third kappa shape index (κ3) is 3.61. The van der Waals surface area contributed by atoms with Gasteiger partial charge in [0.1, 0.15) is 5.82 Å². The number of para-hydroxylation sites is 1. The number of fused-ring (bicyclic) bond motifs is 1. The van der Waals surface area contributed by atoms with Gasteiger partial charge in [-0.3, -0.25) is 4.99 Å². The molecule has 0 bridgehead atoms. The molecule has 0 radical (unpaired) electrons. The zero-order valence-corrected chi connectivity index (χ0v) is 16.1. The number of hydrogen-bond acceptors (Lipinski definition) is 5. The van der Waals surface area contributed by atoms with Crippen molar-refractivity contribution in [3.8, 4) is 0 Å². The molecule has 2 aliphatic heterocycles. The monoisotopic (exact) mass is 410 g/mol. The van der Waals surface area contributed by atoms with Crippen molar-refractivity contribution in [2.45, 2.75) is 17.8 Å². The summed E-state index contributed by atoms with van der Waals surface area (Å²) in [6.45, 7) is 0.432. The fourth-order valence-electron chi connectivity index (χ4n) is 3.17. The van der Waals surface area contributed by atoms with Gasteiger partial charge in [0.25, 0.3) is 0 Å². The lowest BCUT2D eigenvalue weighted by atomic mass is 10.2. The van der Waals surface area contributed by atoms with E-state index in [2.05, 4.69) is 4.99 Å². The molecule has 26 heavy (non-hydrogen) atoms. The van der Waals surface area contributed by atoms with Gasteiger partial charge >= 0.3 is 0 Å². The van der Waals surface area contributed by atoms with Gasteiger partial charge in [0.15, 0.2) is 15.0 Å². The lowest BCUT2D eigenvalue weighted by Crippen LogP contribution is -2.28. The molecule has 2 aromatic carbocycles. The number of nitrogens with zero attached hydrogens (tertiary/aromatic N) is 2. The Morgan fingerprint density at radius 3 is 2.65 bits per heavy atom. The van der Waals surface area contributed by atoms with Gasteiger partial charge < -0.3 is 4.90 Å². The maximum Gasteiger partial charge on any atom is 0.164 e. The zero-order chi connectivity index (χ0) is 18.3. The third-order valence-electron chi connectivity index (χ3n) is 4.45. The largest absolute Gasteiger partial charge is 0.317 e. The highest BCUT2D eigenvalue weighted by Crippen LogP contribution is 2.37. The molecule has 2 aromatic rings. The second-order valence-electron chi connectivity index (χ2n) is 6.37. The van der Waals surface area contributed by atoms with Crippen molar-refractivity contribution in [3.63, 3.8) is 0 Å². The summed E-state index contributed by atoms with van der Waals surface area (Å²) in [4.78, 5) is 6.68. The van der Waals surface area contributed by atoms with Crippen LogP contribution in [-0.2, 0) is 16.4 Å². The highest BCUT2D eigenvalue weighted by atomic mass is 35.5. The maximum atomic E-state index is 13.4. The molecule has 136 valence electrons. The van der Waals surface area contributed by atoms with E-state index in [0.717, 1.165) is 16.4 Å². The van der Waals surface area contributed by atoms with E-state index in [-0.39, 0.29) is 28.6 Å². The Hall–Kier alpha value is -1.57. The van der Waals surface area contributed by atoms with Crippen LogP contribution in [-0.4, -0.2) is 36.4 Å². The number of sulfone groups is 1. The van der Waals surface area contributed by atoms with Crippen LogP contribution in [0.5, 0.6) is 0 Å². The molecular formula is C18H16ClFN2O2S2. The smallest absolute Gasteiger partial charge is 0.164 e. The predicted octanol–water partition coefficient (Wildman–Crippen LogP) is 3.75. The number of aliphatic imine (C=N–C) groups is 1. The number of rotatable bonds is 3. The van der Waals surface area contributed by atoms with Gasteiger partial charge in [0.05, 0.1) is 24.1 Å². The summed E-state index contributed by atoms with van der Waals surface area (Å²) in [6.07, 6.45) is 0. The molecule has 0 saturated carbocycles. The Kier molecular flexibility index (Phi) is 4.71. The summed E-state index contributed by atoms with van der Waals surface area (Å²) in [5, 5.41) is 1.10. The topological polar surface area (TPSA) is 49.7 Å². The van der Waals surface area contributed by atoms with Crippen LogP contribution < -0.4 is 4.90 Å². The first-order chi connectivity index (χ1) is 12.4. The number of benzene rings is 2. The Morgan fingerprint density at radius 2 is 1.96 bits per heavy atom. The van der Waals surface area contributed by atoms with Gasteiger partial charge in [0.2, 0.25) is 0 Å². The molecular weight excluding hydrogens is 395 g/mol. The van der Waals surface area contributed by atoms with Crippen molar-refractivity contribution in [2.24, 2.45) is 4.99 Å². The molecule has 0 amide bonds. The number of anilines is 1. The molecule has 1 saturated heterocycles. The van der Waals surface area contributed by atoms with Crippen molar-refractivity contribution in [3.05, 3.63) is 64.9 Å². The standard InChI is InChI=1S/C18H16ClFN2O2S2/c19-15-8-13(20)7-6-12(15)9-22(14-4-2-1-3-5-14)18-21-16-10-26(23,24)11-17(16)25-18/h1-8,16-17H,9-11H2/t16-,17+/m1/s1. The molecule has 0 aromatic heterocycles. The third-order valence-corrected chi connectivity index (χ3v) is 8.05. The van der Waals surface area contributed by atoms with E-state index in [1.807, 2.05) is 35.2 Å². The Labute approximate surface area is 161 Å². The molecule has 0 spiro atoms. The van der Waals surface area contributed by atoms with Crippen molar-refractivity contribution in [2.75, 3.05) is 16.4 Å². The molecule has 2 aliphatic rings. The molecule has 0 N–H and O–H groups in total.